The molecular weight excluding hydrogens is 269 g/mol. The molecule has 1 saturated carbocycles. The van der Waals surface area contributed by atoms with E-state index in [-0.39, 0.29) is 18.9 Å². The van der Waals surface area contributed by atoms with E-state index in [1.165, 1.54) is 18.2 Å². The molecule has 2 rings (SSSR count). The summed E-state index contributed by atoms with van der Waals surface area (Å²) in [4.78, 5) is 0. The minimum Gasteiger partial charge on any atom is -0.396 e. The lowest BCUT2D eigenvalue weighted by molar-refractivity contribution is 0.212. The van der Waals surface area contributed by atoms with E-state index in [2.05, 4.69) is 0 Å². The van der Waals surface area contributed by atoms with Crippen molar-refractivity contribution >= 4 is 9.84 Å². The Hall–Kier alpha value is -0.980. The van der Waals surface area contributed by atoms with E-state index in [0.717, 1.165) is 0 Å². The van der Waals surface area contributed by atoms with Crippen LogP contribution in [0.25, 0.3) is 0 Å². The quantitative estimate of drug-likeness (QED) is 0.834. The van der Waals surface area contributed by atoms with Gasteiger partial charge in [-0.2, -0.15) is 0 Å². The van der Waals surface area contributed by atoms with Crippen LogP contribution in [-0.4, -0.2) is 37.7 Å². The minimum absolute atomic E-state index is 0.00870. The molecule has 0 saturated heterocycles. The number of hydrogen-bond donors (Lipinski definition) is 2. The Morgan fingerprint density at radius 1 is 1.47 bits per heavy atom. The van der Waals surface area contributed by atoms with Crippen LogP contribution in [0.5, 0.6) is 0 Å². The summed E-state index contributed by atoms with van der Waals surface area (Å²) < 4.78 is 37.5. The highest BCUT2D eigenvalue weighted by atomic mass is 32.2. The molecule has 0 radical (unpaired) electrons. The summed E-state index contributed by atoms with van der Waals surface area (Å²) in [6, 6.07) is 5.84. The number of aliphatic hydroxyl groups is 1. The fourth-order valence-corrected chi connectivity index (χ4v) is 5.06. The smallest absolute Gasteiger partial charge is 0.154 e. The Balaban J connectivity index is 2.45. The molecule has 3 atom stereocenters. The fraction of sp³-hybridized carbons (Fsp3) is 0.538. The first kappa shape index (κ1) is 14.4. The summed E-state index contributed by atoms with van der Waals surface area (Å²) in [6.07, 6.45) is 0. The molecule has 0 bridgehead atoms. The molecule has 0 unspecified atom stereocenters. The van der Waals surface area contributed by atoms with Gasteiger partial charge in [0.15, 0.2) is 9.84 Å². The second-order valence-electron chi connectivity index (χ2n) is 5.00. The number of aliphatic hydroxyl groups excluding tert-OH is 1. The molecule has 6 heteroatoms. The molecule has 1 fully saturated rings. The Morgan fingerprint density at radius 2 is 2.16 bits per heavy atom. The van der Waals surface area contributed by atoms with Gasteiger partial charge in [0, 0.05) is 23.6 Å². The lowest BCUT2D eigenvalue weighted by Crippen LogP contribution is -2.28. The number of rotatable bonds is 5. The van der Waals surface area contributed by atoms with Crippen LogP contribution in [0.15, 0.2) is 24.3 Å². The monoisotopic (exact) mass is 287 g/mol. The van der Waals surface area contributed by atoms with Crippen molar-refractivity contribution in [3.05, 3.63) is 35.6 Å². The summed E-state index contributed by atoms with van der Waals surface area (Å²) in [7, 11) is -3.33. The van der Waals surface area contributed by atoms with Crippen LogP contribution in [0.3, 0.4) is 0 Å². The zero-order chi connectivity index (χ0) is 14.3. The number of halogens is 1. The topological polar surface area (TPSA) is 80.4 Å². The molecule has 0 aromatic heterocycles. The molecule has 19 heavy (non-hydrogen) atoms. The van der Waals surface area contributed by atoms with Gasteiger partial charge < -0.3 is 10.8 Å². The van der Waals surface area contributed by atoms with Gasteiger partial charge in [0.1, 0.15) is 5.82 Å². The minimum atomic E-state index is -3.33. The Morgan fingerprint density at radius 3 is 2.63 bits per heavy atom. The van der Waals surface area contributed by atoms with Gasteiger partial charge in [0.2, 0.25) is 0 Å². The van der Waals surface area contributed by atoms with Crippen molar-refractivity contribution < 1.29 is 17.9 Å². The molecule has 0 amide bonds. The van der Waals surface area contributed by atoms with Crippen molar-refractivity contribution in [3.8, 4) is 0 Å². The van der Waals surface area contributed by atoms with Crippen LogP contribution < -0.4 is 5.73 Å². The van der Waals surface area contributed by atoms with Gasteiger partial charge in [-0.15, -0.1) is 0 Å². The predicted octanol–water partition coefficient (Wildman–Crippen LogP) is 0.664. The van der Waals surface area contributed by atoms with E-state index in [1.807, 2.05) is 0 Å². The molecule has 106 valence electrons. The molecule has 1 aromatic carbocycles. The molecule has 3 N–H and O–H groups in total. The van der Waals surface area contributed by atoms with Gasteiger partial charge in [0.25, 0.3) is 0 Å². The molecule has 1 aromatic rings. The third kappa shape index (κ3) is 2.17. The third-order valence-electron chi connectivity index (χ3n) is 4.05. The zero-order valence-electron chi connectivity index (χ0n) is 10.7. The van der Waals surface area contributed by atoms with Gasteiger partial charge in [-0.25, -0.2) is 12.8 Å². The first-order valence-electron chi connectivity index (χ1n) is 6.21. The molecule has 0 spiro atoms. The Kier molecular flexibility index (Phi) is 3.68. The first-order valence-corrected chi connectivity index (χ1v) is 7.92. The SMILES string of the molecule is CCS(=O)(=O)[C@H]1[C@H](c2cccc(F)c2)[C@@]1(CN)CO. The van der Waals surface area contributed by atoms with Crippen molar-refractivity contribution in [1.82, 2.24) is 0 Å². The highest BCUT2D eigenvalue weighted by Gasteiger charge is 2.69. The normalized spacial score (nSPS) is 30.3. The van der Waals surface area contributed by atoms with Crippen molar-refractivity contribution in [3.63, 3.8) is 0 Å². The van der Waals surface area contributed by atoms with Gasteiger partial charge in [-0.3, -0.25) is 0 Å². The third-order valence-corrected chi connectivity index (χ3v) is 6.37. The van der Waals surface area contributed by atoms with Crippen LogP contribution in [0.2, 0.25) is 0 Å². The maximum atomic E-state index is 13.3. The average Bonchev–Trinajstić information content (AvgIpc) is 3.09. The van der Waals surface area contributed by atoms with E-state index in [1.54, 1.807) is 13.0 Å². The number of nitrogens with two attached hydrogens (primary N) is 1. The number of hydrogen-bond acceptors (Lipinski definition) is 4. The van der Waals surface area contributed by atoms with Gasteiger partial charge in [0.05, 0.1) is 11.9 Å². The molecule has 0 heterocycles. The second kappa shape index (κ2) is 4.85. The molecule has 4 nitrogen and oxygen atoms in total. The summed E-state index contributed by atoms with van der Waals surface area (Å²) in [5.74, 6) is -0.852. The standard InChI is InChI=1S/C13H18FNO3S/c1-2-19(17,18)12-11(13(12,7-15)8-16)9-4-3-5-10(14)6-9/h3-6,11-12,16H,2,7-8,15H2,1H3/t11-,12-,13+/m0/s1. The summed E-state index contributed by atoms with van der Waals surface area (Å²) in [5, 5.41) is 8.83. The maximum Gasteiger partial charge on any atom is 0.154 e. The Labute approximate surface area is 112 Å². The van der Waals surface area contributed by atoms with Crippen molar-refractivity contribution in [2.75, 3.05) is 18.9 Å². The molecule has 0 aliphatic heterocycles. The largest absolute Gasteiger partial charge is 0.396 e. The predicted molar refractivity (Wildman–Crippen MR) is 71.0 cm³/mol. The molecule has 1 aliphatic rings. The van der Waals surface area contributed by atoms with E-state index in [0.29, 0.717) is 5.56 Å². The first-order chi connectivity index (χ1) is 8.93. The van der Waals surface area contributed by atoms with Crippen LogP contribution in [-0.2, 0) is 9.84 Å². The van der Waals surface area contributed by atoms with Gasteiger partial charge in [-0.05, 0) is 17.7 Å². The number of benzene rings is 1. The fourth-order valence-electron chi connectivity index (χ4n) is 2.90. The maximum absolute atomic E-state index is 13.3. The van der Waals surface area contributed by atoms with Gasteiger partial charge in [-0.1, -0.05) is 19.1 Å². The highest BCUT2D eigenvalue weighted by molar-refractivity contribution is 7.92. The van der Waals surface area contributed by atoms with E-state index in [9.17, 15) is 17.9 Å². The van der Waals surface area contributed by atoms with Crippen molar-refractivity contribution in [2.45, 2.75) is 18.1 Å². The average molecular weight is 287 g/mol. The van der Waals surface area contributed by atoms with Crippen LogP contribution >= 0.6 is 0 Å². The highest BCUT2D eigenvalue weighted by Crippen LogP contribution is 2.62. The summed E-state index contributed by atoms with van der Waals surface area (Å²) >= 11 is 0. The van der Waals surface area contributed by atoms with Crippen LogP contribution in [0.1, 0.15) is 18.4 Å². The van der Waals surface area contributed by atoms with E-state index < -0.39 is 32.2 Å². The van der Waals surface area contributed by atoms with Crippen LogP contribution in [0, 0.1) is 11.2 Å². The Bertz CT molecular complexity index is 569. The molecule has 1 aliphatic carbocycles. The van der Waals surface area contributed by atoms with Gasteiger partial charge >= 0.3 is 0 Å². The summed E-state index contributed by atoms with van der Waals surface area (Å²) in [5.41, 5.74) is 5.38. The molecular formula is C13H18FNO3S. The van der Waals surface area contributed by atoms with Crippen LogP contribution in [0.4, 0.5) is 4.39 Å². The summed E-state index contributed by atoms with van der Waals surface area (Å²) in [6.45, 7) is 1.32. The van der Waals surface area contributed by atoms with Crippen molar-refractivity contribution in [2.24, 2.45) is 11.1 Å². The van der Waals surface area contributed by atoms with E-state index >= 15 is 0 Å². The van der Waals surface area contributed by atoms with E-state index in [4.69, 9.17) is 5.73 Å². The second-order valence-corrected chi connectivity index (χ2v) is 7.41. The zero-order valence-corrected chi connectivity index (χ0v) is 11.5. The van der Waals surface area contributed by atoms with Crippen molar-refractivity contribution in [1.29, 1.82) is 0 Å². The number of sulfone groups is 1. The lowest BCUT2D eigenvalue weighted by Gasteiger charge is -2.11. The lowest BCUT2D eigenvalue weighted by atomic mass is 10.00.